The first kappa shape index (κ1) is 22.9. The molecular weight excluding hydrogens is 386 g/mol. The van der Waals surface area contributed by atoms with Gasteiger partial charge in [-0.1, -0.05) is 13.8 Å². The van der Waals surface area contributed by atoms with Crippen LogP contribution in [0.1, 0.15) is 37.6 Å². The molecule has 0 aliphatic rings. The number of carbonyl (C=O) groups excluding carboxylic acids is 3. The number of ether oxygens (including phenoxy) is 3. The van der Waals surface area contributed by atoms with Gasteiger partial charge in [0.1, 0.15) is 11.5 Å². The second kappa shape index (κ2) is 11.0. The fourth-order valence-corrected chi connectivity index (χ4v) is 2.47. The van der Waals surface area contributed by atoms with Crippen LogP contribution in [0.2, 0.25) is 0 Å². The van der Waals surface area contributed by atoms with Crippen molar-refractivity contribution in [1.29, 1.82) is 0 Å². The second-order valence-corrected chi connectivity index (χ2v) is 6.99. The number of rotatable bonds is 10. The van der Waals surface area contributed by atoms with E-state index in [1.807, 2.05) is 0 Å². The Morgan fingerprint density at radius 2 is 1.50 bits per heavy atom. The summed E-state index contributed by atoms with van der Waals surface area (Å²) < 4.78 is 15.8. The minimum absolute atomic E-state index is 0.0177. The average molecular weight is 413 g/mol. The van der Waals surface area contributed by atoms with E-state index in [1.54, 1.807) is 69.5 Å². The van der Waals surface area contributed by atoms with Crippen molar-refractivity contribution in [1.82, 2.24) is 0 Å². The van der Waals surface area contributed by atoms with Crippen LogP contribution < -0.4 is 14.8 Å². The lowest BCUT2D eigenvalue weighted by Gasteiger charge is -2.13. The highest BCUT2D eigenvalue weighted by molar-refractivity contribution is 6.01. The largest absolute Gasteiger partial charge is 0.497 e. The fraction of sp³-hybridized carbons (Fsp3) is 0.348. The van der Waals surface area contributed by atoms with Crippen molar-refractivity contribution in [3.05, 3.63) is 54.1 Å². The third-order valence-corrected chi connectivity index (χ3v) is 4.27. The van der Waals surface area contributed by atoms with Crippen LogP contribution in [-0.4, -0.2) is 37.5 Å². The van der Waals surface area contributed by atoms with Crippen LogP contribution in [-0.2, 0) is 14.3 Å². The van der Waals surface area contributed by atoms with Crippen LogP contribution >= 0.6 is 0 Å². The lowest BCUT2D eigenvalue weighted by molar-refractivity contribution is -0.146. The molecule has 2 aromatic rings. The van der Waals surface area contributed by atoms with Crippen LogP contribution in [0.4, 0.5) is 5.69 Å². The van der Waals surface area contributed by atoms with Gasteiger partial charge in [-0.15, -0.1) is 0 Å². The Morgan fingerprint density at radius 1 is 0.900 bits per heavy atom. The van der Waals surface area contributed by atoms with Crippen LogP contribution in [0, 0.1) is 5.92 Å². The molecule has 0 aliphatic heterocycles. The number of ketones is 1. The van der Waals surface area contributed by atoms with E-state index >= 15 is 0 Å². The highest BCUT2D eigenvalue weighted by Gasteiger charge is 2.19. The topological polar surface area (TPSA) is 90.9 Å². The van der Waals surface area contributed by atoms with Crippen molar-refractivity contribution in [3.8, 4) is 11.5 Å². The number of hydrogen-bond acceptors (Lipinski definition) is 6. The summed E-state index contributed by atoms with van der Waals surface area (Å²) in [6.07, 6.45) is -0.904. The molecule has 0 bridgehead atoms. The summed E-state index contributed by atoms with van der Waals surface area (Å²) in [5, 5.41) is 2.76. The van der Waals surface area contributed by atoms with E-state index < -0.39 is 12.1 Å². The van der Waals surface area contributed by atoms with Crippen molar-refractivity contribution >= 4 is 23.3 Å². The monoisotopic (exact) mass is 413 g/mol. The van der Waals surface area contributed by atoms with Gasteiger partial charge in [0.25, 0.3) is 0 Å². The molecule has 0 aromatic heterocycles. The van der Waals surface area contributed by atoms with Crippen LogP contribution in [0.3, 0.4) is 0 Å². The van der Waals surface area contributed by atoms with Gasteiger partial charge in [-0.05, 0) is 55.5 Å². The summed E-state index contributed by atoms with van der Waals surface area (Å²) in [4.78, 5) is 36.2. The Hall–Kier alpha value is -3.35. The van der Waals surface area contributed by atoms with Crippen LogP contribution in [0.25, 0.3) is 0 Å². The van der Waals surface area contributed by atoms with E-state index in [0.29, 0.717) is 22.7 Å². The Kier molecular flexibility index (Phi) is 8.41. The molecule has 0 spiro atoms. The number of methoxy groups -OCH3 is 1. The Balaban J connectivity index is 1.79. The normalized spacial score (nSPS) is 11.5. The second-order valence-electron chi connectivity index (χ2n) is 6.99. The lowest BCUT2D eigenvalue weighted by atomic mass is 10.1. The number of hydrogen-bond donors (Lipinski definition) is 1. The fourth-order valence-electron chi connectivity index (χ4n) is 2.47. The molecule has 1 amide bonds. The summed E-state index contributed by atoms with van der Waals surface area (Å²) >= 11 is 0. The minimum Gasteiger partial charge on any atom is -0.497 e. The van der Waals surface area contributed by atoms with Crippen molar-refractivity contribution in [2.75, 3.05) is 19.0 Å². The number of Topliss-reactive ketones (excluding diaryl/α,β-unsaturated/α-hetero) is 1. The quantitative estimate of drug-likeness (QED) is 0.470. The zero-order chi connectivity index (χ0) is 22.1. The van der Waals surface area contributed by atoms with Crippen molar-refractivity contribution in [3.63, 3.8) is 0 Å². The van der Waals surface area contributed by atoms with Crippen LogP contribution in [0.15, 0.2) is 48.5 Å². The number of esters is 1. The first-order valence-corrected chi connectivity index (χ1v) is 9.71. The Morgan fingerprint density at radius 3 is 2.07 bits per heavy atom. The molecule has 160 valence electrons. The van der Waals surface area contributed by atoms with Gasteiger partial charge in [-0.25, -0.2) is 0 Å². The highest BCUT2D eigenvalue weighted by atomic mass is 16.5. The molecule has 0 fully saturated rings. The maximum Gasteiger partial charge on any atom is 0.309 e. The zero-order valence-corrected chi connectivity index (χ0v) is 17.6. The van der Waals surface area contributed by atoms with Gasteiger partial charge in [0, 0.05) is 17.2 Å². The summed E-state index contributed by atoms with van der Waals surface area (Å²) in [5.74, 6) is 0.237. The number of carbonyl (C=O) groups is 3. The smallest absolute Gasteiger partial charge is 0.309 e. The average Bonchev–Trinajstić information content (AvgIpc) is 2.74. The molecule has 0 heterocycles. The molecule has 2 rings (SSSR count). The molecule has 1 N–H and O–H groups in total. The zero-order valence-electron chi connectivity index (χ0n) is 17.6. The predicted octanol–water partition coefficient (Wildman–Crippen LogP) is 3.87. The summed E-state index contributed by atoms with van der Waals surface area (Å²) in [7, 11) is 1.58. The van der Waals surface area contributed by atoms with Crippen molar-refractivity contribution < 1.29 is 28.6 Å². The van der Waals surface area contributed by atoms with Gasteiger partial charge in [0.2, 0.25) is 11.7 Å². The van der Waals surface area contributed by atoms with E-state index in [9.17, 15) is 14.4 Å². The van der Waals surface area contributed by atoms with Crippen molar-refractivity contribution in [2.24, 2.45) is 5.92 Å². The highest BCUT2D eigenvalue weighted by Crippen LogP contribution is 2.17. The van der Waals surface area contributed by atoms with E-state index in [4.69, 9.17) is 14.2 Å². The van der Waals surface area contributed by atoms with Crippen molar-refractivity contribution in [2.45, 2.75) is 33.3 Å². The number of benzene rings is 2. The molecule has 1 atom stereocenters. The van der Waals surface area contributed by atoms with Gasteiger partial charge >= 0.3 is 5.97 Å². The molecule has 0 aliphatic carbocycles. The molecule has 0 radical (unpaired) electrons. The molecule has 1 unspecified atom stereocenters. The minimum atomic E-state index is -0.922. The van der Waals surface area contributed by atoms with Gasteiger partial charge in [-0.2, -0.15) is 0 Å². The summed E-state index contributed by atoms with van der Waals surface area (Å²) in [6, 6.07) is 13.5. The standard InChI is InChI=1S/C23H27NO6/c1-15(2)23(27)24-18-7-5-17(6-8-18)22(26)16(3)30-21(25)13-14-29-20-11-9-19(28-4)10-12-20/h5-12,15-16H,13-14H2,1-4H3,(H,24,27). The molecular formula is C23H27NO6. The SMILES string of the molecule is COc1ccc(OCCC(=O)OC(C)C(=O)c2ccc(NC(=O)C(C)C)cc2)cc1. The number of nitrogens with one attached hydrogen (secondary N) is 1. The predicted molar refractivity (Wildman–Crippen MR) is 113 cm³/mol. The molecule has 30 heavy (non-hydrogen) atoms. The van der Waals surface area contributed by atoms with Gasteiger partial charge in [-0.3, -0.25) is 14.4 Å². The molecule has 0 saturated heterocycles. The van der Waals surface area contributed by atoms with E-state index in [2.05, 4.69) is 5.32 Å². The first-order chi connectivity index (χ1) is 14.3. The summed E-state index contributed by atoms with van der Waals surface area (Å²) in [6.45, 7) is 5.26. The first-order valence-electron chi connectivity index (χ1n) is 9.71. The maximum atomic E-state index is 12.5. The molecule has 0 saturated carbocycles. The van der Waals surface area contributed by atoms with Gasteiger partial charge in [0.05, 0.1) is 20.1 Å². The van der Waals surface area contributed by atoms with E-state index in [0.717, 1.165) is 0 Å². The van der Waals surface area contributed by atoms with Crippen LogP contribution in [0.5, 0.6) is 11.5 Å². The Labute approximate surface area is 176 Å². The Bertz CT molecular complexity index is 858. The van der Waals surface area contributed by atoms with Gasteiger partial charge < -0.3 is 19.5 Å². The third kappa shape index (κ3) is 6.92. The third-order valence-electron chi connectivity index (χ3n) is 4.27. The van der Waals surface area contributed by atoms with Gasteiger partial charge in [0.15, 0.2) is 6.10 Å². The van der Waals surface area contributed by atoms with E-state index in [-0.39, 0.29) is 30.6 Å². The maximum absolute atomic E-state index is 12.5. The molecule has 2 aromatic carbocycles. The lowest BCUT2D eigenvalue weighted by Crippen LogP contribution is -2.25. The molecule has 7 heteroatoms. The van der Waals surface area contributed by atoms with E-state index in [1.165, 1.54) is 6.92 Å². The summed E-state index contributed by atoms with van der Waals surface area (Å²) in [5.41, 5.74) is 0.998. The molecule has 7 nitrogen and oxygen atoms in total. The number of amides is 1. The number of anilines is 1.